The van der Waals surface area contributed by atoms with Crippen molar-refractivity contribution in [3.63, 3.8) is 0 Å². The van der Waals surface area contributed by atoms with Gasteiger partial charge >= 0.3 is 0 Å². The predicted molar refractivity (Wildman–Crippen MR) is 75.0 cm³/mol. The molecule has 0 unspecified atom stereocenters. The van der Waals surface area contributed by atoms with E-state index in [1.165, 1.54) is 0 Å². The molecule has 6 nitrogen and oxygen atoms in total. The first-order valence-corrected chi connectivity index (χ1v) is 6.77. The maximum atomic E-state index is 12.0. The van der Waals surface area contributed by atoms with Gasteiger partial charge in [-0.3, -0.25) is 4.79 Å². The van der Waals surface area contributed by atoms with E-state index in [1.807, 2.05) is 0 Å². The molecule has 0 saturated heterocycles. The van der Waals surface area contributed by atoms with Crippen LogP contribution >= 0.6 is 0 Å². The molecule has 1 aromatic carbocycles. The van der Waals surface area contributed by atoms with Gasteiger partial charge in [-0.25, -0.2) is 0 Å². The number of ether oxygens (including phenoxy) is 3. The molecule has 20 heavy (non-hydrogen) atoms. The zero-order chi connectivity index (χ0) is 14.4. The lowest BCUT2D eigenvalue weighted by Crippen LogP contribution is -2.28. The number of carbonyl (C=O) groups excluding carboxylic acids is 1. The van der Waals surface area contributed by atoms with Crippen LogP contribution in [0.15, 0.2) is 12.1 Å². The van der Waals surface area contributed by atoms with Crippen LogP contribution in [0.4, 0.5) is 5.69 Å². The van der Waals surface area contributed by atoms with Gasteiger partial charge in [0.25, 0.3) is 5.91 Å². The Morgan fingerprint density at radius 3 is 2.85 bits per heavy atom. The lowest BCUT2D eigenvalue weighted by molar-refractivity contribution is 0.0913. The van der Waals surface area contributed by atoms with Gasteiger partial charge in [-0.05, 0) is 12.5 Å². The van der Waals surface area contributed by atoms with Gasteiger partial charge in [-0.1, -0.05) is 13.3 Å². The Balaban J connectivity index is 1.83. The van der Waals surface area contributed by atoms with Crippen molar-refractivity contribution in [2.75, 3.05) is 32.3 Å². The Morgan fingerprint density at radius 1 is 1.35 bits per heavy atom. The molecule has 0 aliphatic carbocycles. The number of rotatable bonds is 7. The highest BCUT2D eigenvalue weighted by Crippen LogP contribution is 2.35. The normalized spacial score (nSPS) is 12.4. The van der Waals surface area contributed by atoms with Gasteiger partial charge < -0.3 is 25.3 Å². The maximum Gasteiger partial charge on any atom is 0.253 e. The Morgan fingerprint density at radius 2 is 2.10 bits per heavy atom. The third-order valence-corrected chi connectivity index (χ3v) is 2.96. The highest BCUT2D eigenvalue weighted by Gasteiger charge is 2.19. The van der Waals surface area contributed by atoms with Gasteiger partial charge in [0.05, 0.1) is 12.2 Å². The highest BCUT2D eigenvalue weighted by atomic mass is 16.7. The molecule has 6 heteroatoms. The van der Waals surface area contributed by atoms with Gasteiger partial charge in [0.15, 0.2) is 11.5 Å². The van der Waals surface area contributed by atoms with Crippen molar-refractivity contribution in [3.05, 3.63) is 17.7 Å². The second-order valence-electron chi connectivity index (χ2n) is 4.51. The molecule has 1 aliphatic heterocycles. The summed E-state index contributed by atoms with van der Waals surface area (Å²) in [5.41, 5.74) is 6.60. The van der Waals surface area contributed by atoms with E-state index in [0.29, 0.717) is 35.9 Å². The average molecular weight is 280 g/mol. The van der Waals surface area contributed by atoms with Gasteiger partial charge in [-0.15, -0.1) is 0 Å². The third kappa shape index (κ3) is 3.54. The van der Waals surface area contributed by atoms with Crippen molar-refractivity contribution in [1.82, 2.24) is 5.32 Å². The molecular formula is C14H20N2O4. The van der Waals surface area contributed by atoms with Crippen LogP contribution in [0.2, 0.25) is 0 Å². The largest absolute Gasteiger partial charge is 0.454 e. The lowest BCUT2D eigenvalue weighted by Gasteiger charge is -2.09. The van der Waals surface area contributed by atoms with Gasteiger partial charge in [-0.2, -0.15) is 0 Å². The number of anilines is 1. The fourth-order valence-electron chi connectivity index (χ4n) is 1.83. The Bertz CT molecular complexity index is 476. The summed E-state index contributed by atoms with van der Waals surface area (Å²) in [6.07, 6.45) is 2.13. The predicted octanol–water partition coefficient (Wildman–Crippen LogP) is 1.54. The minimum Gasteiger partial charge on any atom is -0.454 e. The molecule has 1 heterocycles. The standard InChI is InChI=1S/C14H20N2O4/c1-2-3-5-18-6-4-16-14(17)10-7-12-13(8-11(10)15)20-9-19-12/h7-8H,2-6,9,15H2,1H3,(H,16,17). The van der Waals surface area contributed by atoms with E-state index < -0.39 is 0 Å². The van der Waals surface area contributed by atoms with Crippen LogP contribution in [-0.4, -0.2) is 32.5 Å². The number of benzene rings is 1. The van der Waals surface area contributed by atoms with E-state index in [2.05, 4.69) is 12.2 Å². The van der Waals surface area contributed by atoms with Crippen LogP contribution in [0.1, 0.15) is 30.1 Å². The number of fused-ring (bicyclic) bond motifs is 1. The van der Waals surface area contributed by atoms with E-state index in [9.17, 15) is 4.79 Å². The van der Waals surface area contributed by atoms with Crippen molar-refractivity contribution in [2.24, 2.45) is 0 Å². The van der Waals surface area contributed by atoms with Crippen molar-refractivity contribution < 1.29 is 19.0 Å². The number of unbranched alkanes of at least 4 members (excludes halogenated alkanes) is 1. The van der Waals surface area contributed by atoms with Crippen molar-refractivity contribution in [1.29, 1.82) is 0 Å². The number of hydrogen-bond donors (Lipinski definition) is 2. The first kappa shape index (κ1) is 14.5. The average Bonchev–Trinajstić information content (AvgIpc) is 2.88. The molecule has 0 bridgehead atoms. The summed E-state index contributed by atoms with van der Waals surface area (Å²) in [6.45, 7) is 3.93. The Labute approximate surface area is 118 Å². The van der Waals surface area contributed by atoms with Crippen LogP contribution in [0, 0.1) is 0 Å². The van der Waals surface area contributed by atoms with Crippen LogP contribution in [0.25, 0.3) is 0 Å². The molecule has 0 aromatic heterocycles. The van der Waals surface area contributed by atoms with Crippen LogP contribution < -0.4 is 20.5 Å². The first-order chi connectivity index (χ1) is 9.72. The van der Waals surface area contributed by atoms with Crippen LogP contribution in [0.3, 0.4) is 0 Å². The van der Waals surface area contributed by atoms with E-state index in [0.717, 1.165) is 19.4 Å². The van der Waals surface area contributed by atoms with E-state index in [4.69, 9.17) is 19.9 Å². The lowest BCUT2D eigenvalue weighted by atomic mass is 10.1. The number of amides is 1. The summed E-state index contributed by atoms with van der Waals surface area (Å²) in [5.74, 6) is 0.880. The second kappa shape index (κ2) is 7.00. The molecule has 3 N–H and O–H groups in total. The van der Waals surface area contributed by atoms with E-state index in [1.54, 1.807) is 12.1 Å². The molecule has 110 valence electrons. The van der Waals surface area contributed by atoms with Gasteiger partial charge in [0, 0.05) is 24.9 Å². The molecule has 0 spiro atoms. The molecule has 0 radical (unpaired) electrons. The van der Waals surface area contributed by atoms with Crippen molar-refractivity contribution in [2.45, 2.75) is 19.8 Å². The number of nitrogen functional groups attached to an aromatic ring is 1. The van der Waals surface area contributed by atoms with E-state index in [-0.39, 0.29) is 12.7 Å². The molecule has 1 aromatic rings. The highest BCUT2D eigenvalue weighted by molar-refractivity contribution is 6.00. The Hall–Kier alpha value is -1.95. The number of nitrogens with one attached hydrogen (secondary N) is 1. The summed E-state index contributed by atoms with van der Waals surface area (Å²) in [6, 6.07) is 3.21. The van der Waals surface area contributed by atoms with Crippen LogP contribution in [0.5, 0.6) is 11.5 Å². The first-order valence-electron chi connectivity index (χ1n) is 6.77. The van der Waals surface area contributed by atoms with Gasteiger partial charge in [0.2, 0.25) is 6.79 Å². The summed E-state index contributed by atoms with van der Waals surface area (Å²) in [7, 11) is 0. The molecule has 1 amide bonds. The third-order valence-electron chi connectivity index (χ3n) is 2.96. The Kier molecular flexibility index (Phi) is 5.06. The molecular weight excluding hydrogens is 260 g/mol. The maximum absolute atomic E-state index is 12.0. The quantitative estimate of drug-likeness (QED) is 0.585. The molecule has 0 atom stereocenters. The summed E-state index contributed by atoms with van der Waals surface area (Å²) >= 11 is 0. The monoisotopic (exact) mass is 280 g/mol. The van der Waals surface area contributed by atoms with E-state index >= 15 is 0 Å². The molecule has 0 saturated carbocycles. The fourth-order valence-corrected chi connectivity index (χ4v) is 1.83. The smallest absolute Gasteiger partial charge is 0.253 e. The SMILES string of the molecule is CCCCOCCNC(=O)c1cc2c(cc1N)OCO2. The molecule has 1 aliphatic rings. The fraction of sp³-hybridized carbons (Fsp3) is 0.500. The summed E-state index contributed by atoms with van der Waals surface area (Å²) < 4.78 is 15.8. The topological polar surface area (TPSA) is 82.8 Å². The molecule has 0 fully saturated rings. The summed E-state index contributed by atoms with van der Waals surface area (Å²) in [5, 5.41) is 2.77. The number of carbonyl (C=O) groups is 1. The summed E-state index contributed by atoms with van der Waals surface area (Å²) in [4.78, 5) is 12.0. The number of nitrogens with two attached hydrogens (primary N) is 1. The van der Waals surface area contributed by atoms with Crippen molar-refractivity contribution in [3.8, 4) is 11.5 Å². The minimum atomic E-state index is -0.236. The van der Waals surface area contributed by atoms with Crippen LogP contribution in [-0.2, 0) is 4.74 Å². The van der Waals surface area contributed by atoms with Gasteiger partial charge in [0.1, 0.15) is 0 Å². The number of hydrogen-bond acceptors (Lipinski definition) is 5. The van der Waals surface area contributed by atoms with Crippen molar-refractivity contribution >= 4 is 11.6 Å². The second-order valence-corrected chi connectivity index (χ2v) is 4.51. The zero-order valence-electron chi connectivity index (χ0n) is 11.6. The zero-order valence-corrected chi connectivity index (χ0v) is 11.6. The minimum absolute atomic E-state index is 0.158. The molecule has 2 rings (SSSR count).